The number of aromatic nitrogens is 2. The maximum absolute atomic E-state index is 13.0. The van der Waals surface area contributed by atoms with E-state index in [4.69, 9.17) is 80.0 Å². The first kappa shape index (κ1) is 76.2. The van der Waals surface area contributed by atoms with E-state index >= 15 is 0 Å². The van der Waals surface area contributed by atoms with E-state index in [9.17, 15) is 47.8 Å². The molecule has 2 aliphatic heterocycles. The number of nitrogen functional groups attached to an aromatic ring is 2. The smallest absolute Gasteiger partial charge is 0.478 e. The van der Waals surface area contributed by atoms with Crippen LogP contribution in [0.15, 0.2) is 76.6 Å². The van der Waals surface area contributed by atoms with Crippen molar-refractivity contribution < 1.29 is 103 Å². The topological polar surface area (TPSA) is 456 Å². The van der Waals surface area contributed by atoms with Crippen LogP contribution in [0.3, 0.4) is 0 Å². The van der Waals surface area contributed by atoms with Gasteiger partial charge in [0.2, 0.25) is 0 Å². The number of hydrogen-bond donors (Lipinski definition) is 11. The van der Waals surface area contributed by atoms with E-state index in [2.05, 4.69) is 48.0 Å². The monoisotopic (exact) mass is 1430 g/mol. The van der Waals surface area contributed by atoms with Crippen molar-refractivity contribution in [3.63, 3.8) is 0 Å². The summed E-state index contributed by atoms with van der Waals surface area (Å²) in [6.07, 6.45) is -1.75. The summed E-state index contributed by atoms with van der Waals surface area (Å²) >= 11 is 5.32. The number of rotatable bonds is 38. The summed E-state index contributed by atoms with van der Waals surface area (Å²) in [4.78, 5) is 90.9. The highest BCUT2D eigenvalue weighted by Gasteiger charge is 2.44. The fourth-order valence-electron chi connectivity index (χ4n) is 8.48. The molecule has 3 heterocycles. The standard InChI is InChI=1S/C55H73N8O23P3S4/c1-5-93(90)34-81-46-30-48(84-47(46)32-82-88(72,73)86-89(74,75)85-87(69,70)71)63-31-37(50(58)62-52(63)66)9-8-17-60-53(67)79-21-7-6-20-78-33-91-92-55(3,4)16-22-80-54(68)61-19-24-77-26-25-76-23-18-59-35(2)36-10-13-40(51(64)65)43(27-36)49-41-14-11-38(56)28-44(41)83-45-29-39(57)12-15-42(45)49/h10-15,27-29,31,46-48,56,59H,2,5-7,16-26,30,32-34,57H2,1,3-4H3,(H,60,67)(H,61,68)(H,64,65)(H,72,73)(H,74,75)(H2,58,62,66)(H2,69,70,71)/t46?,47-,48-,93?/m1/s1. The van der Waals surface area contributed by atoms with Crippen molar-refractivity contribution in [1.29, 1.82) is 5.41 Å². The molecule has 6 atom stereocenters. The highest BCUT2D eigenvalue weighted by atomic mass is 33.1. The SMILES string of the molecule is C=C(NCCOCCOCCNC(=O)OCCC(C)(C)SSCOCCCCOC(=O)NCC#Cc1cn([C@H]2CC(OCS(=S)CC)[C@@H](COP(=O)(O)OP(=O)(O)OP(=O)(O)O)O2)c(=O)nc1N)c1ccc(C(=O)O)c(-c2c3ccc(=N)cc-3oc3cc(N)ccc23)c1. The van der Waals surface area contributed by atoms with Crippen LogP contribution in [0.4, 0.5) is 21.1 Å². The highest BCUT2D eigenvalue weighted by molar-refractivity contribution is 8.77. The molecule has 1 fully saturated rings. The van der Waals surface area contributed by atoms with Gasteiger partial charge < -0.3 is 95.1 Å². The number of hydrogen-bond acceptors (Lipinski definition) is 26. The van der Waals surface area contributed by atoms with Crippen LogP contribution in [0.25, 0.3) is 39.1 Å². The van der Waals surface area contributed by atoms with E-state index in [0.29, 0.717) is 108 Å². The Kier molecular flexibility index (Phi) is 29.8. The van der Waals surface area contributed by atoms with Crippen LogP contribution in [-0.4, -0.2) is 159 Å². The summed E-state index contributed by atoms with van der Waals surface area (Å²) in [5, 5.41) is 27.6. The Morgan fingerprint density at radius 3 is 2.32 bits per heavy atom. The molecule has 1 aromatic heterocycles. The van der Waals surface area contributed by atoms with Crippen molar-refractivity contribution >= 4 is 112 Å². The predicted molar refractivity (Wildman–Crippen MR) is 350 cm³/mol. The van der Waals surface area contributed by atoms with Crippen molar-refractivity contribution in [2.24, 2.45) is 0 Å². The Balaban J connectivity index is 0.779. The highest BCUT2D eigenvalue weighted by Crippen LogP contribution is 2.66. The molecule has 0 spiro atoms. The number of aromatic carboxylic acids is 1. The molecule has 0 bridgehead atoms. The summed E-state index contributed by atoms with van der Waals surface area (Å²) < 4.78 is 93.7. The number of phosphoric acid groups is 3. The van der Waals surface area contributed by atoms with Gasteiger partial charge in [0.15, 0.2) is 0 Å². The zero-order chi connectivity index (χ0) is 67.9. The molecule has 6 rings (SSSR count). The van der Waals surface area contributed by atoms with Gasteiger partial charge in [-0.2, -0.15) is 13.6 Å². The summed E-state index contributed by atoms with van der Waals surface area (Å²) in [5.41, 5.74) is 15.1. The van der Waals surface area contributed by atoms with E-state index in [0.717, 1.165) is 4.57 Å². The Morgan fingerprint density at radius 1 is 0.892 bits per heavy atom. The number of unbranched alkanes of at least 4 members (excludes halogenated alkanes) is 1. The molecule has 31 nitrogen and oxygen atoms in total. The number of carbonyl (C=O) groups is 3. The number of phosphoric ester groups is 1. The maximum Gasteiger partial charge on any atom is 0.490 e. The molecule has 3 aromatic rings. The second-order valence-corrected chi connectivity index (χ2v) is 30.9. The molecule has 1 aliphatic carbocycles. The van der Waals surface area contributed by atoms with E-state index < -0.39 is 81.8 Å². The molecule has 1 saturated heterocycles. The van der Waals surface area contributed by atoms with Gasteiger partial charge in [-0.25, -0.2) is 32.9 Å². The first-order chi connectivity index (χ1) is 44.0. The quantitative estimate of drug-likeness (QED) is 0.00378. The maximum atomic E-state index is 13.0. The van der Waals surface area contributed by atoms with E-state index in [1.165, 1.54) is 23.1 Å². The van der Waals surface area contributed by atoms with Crippen molar-refractivity contribution in [1.82, 2.24) is 25.5 Å². The number of benzene rings is 3. The lowest BCUT2D eigenvalue weighted by Gasteiger charge is -2.22. The number of carboxylic acid groups (broad SMARTS) is 1. The van der Waals surface area contributed by atoms with Crippen molar-refractivity contribution in [2.75, 3.05) is 102 Å². The number of amides is 2. The number of fused-ring (bicyclic) bond motifs is 2. The summed E-state index contributed by atoms with van der Waals surface area (Å²) in [7, 11) is -14.5. The molecular weight excluding hydrogens is 1360 g/mol. The van der Waals surface area contributed by atoms with Gasteiger partial charge in [-0.1, -0.05) is 62.5 Å². The van der Waals surface area contributed by atoms with E-state index in [1.54, 1.807) is 59.3 Å². The van der Waals surface area contributed by atoms with Crippen molar-refractivity contribution in [3.8, 4) is 34.3 Å². The van der Waals surface area contributed by atoms with Gasteiger partial charge in [0, 0.05) is 77.1 Å². The summed E-state index contributed by atoms with van der Waals surface area (Å²) in [6, 6.07) is 15.1. The number of carboxylic acids is 1. The predicted octanol–water partition coefficient (Wildman–Crippen LogP) is 6.58. The molecule has 0 saturated carbocycles. The average Bonchev–Trinajstić information content (AvgIpc) is 1.06. The Morgan fingerprint density at radius 2 is 1.60 bits per heavy atom. The van der Waals surface area contributed by atoms with E-state index in [-0.39, 0.29) is 78.9 Å². The lowest BCUT2D eigenvalue weighted by Crippen LogP contribution is -2.30. The van der Waals surface area contributed by atoms with Gasteiger partial charge in [0.1, 0.15) is 35.4 Å². The third-order valence-electron chi connectivity index (χ3n) is 12.9. The number of nitrogens with two attached hydrogens (primary N) is 2. The fourth-order valence-corrected chi connectivity index (χ4v) is 14.4. The Labute approximate surface area is 548 Å². The summed E-state index contributed by atoms with van der Waals surface area (Å²) in [6.45, 7) is 11.5. The third-order valence-corrected chi connectivity index (χ3v) is 21.8. The molecule has 4 unspecified atom stereocenters. The van der Waals surface area contributed by atoms with Gasteiger partial charge >= 0.3 is 47.3 Å². The molecule has 0 radical (unpaired) electrons. The summed E-state index contributed by atoms with van der Waals surface area (Å²) in [5.74, 6) is 5.48. The normalized spacial score (nSPS) is 16.6. The van der Waals surface area contributed by atoms with E-state index in [1.807, 2.05) is 20.8 Å². The van der Waals surface area contributed by atoms with Gasteiger partial charge in [0.05, 0.1) is 81.3 Å². The van der Waals surface area contributed by atoms with Gasteiger partial charge in [-0.05, 0) is 97.6 Å². The molecular formula is C55H73N8O23P3S4. The minimum Gasteiger partial charge on any atom is -0.478 e. The van der Waals surface area contributed by atoms with Crippen LogP contribution in [0.2, 0.25) is 0 Å². The van der Waals surface area contributed by atoms with Crippen LogP contribution in [0, 0.1) is 17.3 Å². The van der Waals surface area contributed by atoms with Crippen molar-refractivity contribution in [2.45, 2.75) is 69.6 Å². The lowest BCUT2D eigenvalue weighted by molar-refractivity contribution is -0.0544. The number of ether oxygens (including phenoxy) is 7. The molecule has 2 aromatic carbocycles. The van der Waals surface area contributed by atoms with Gasteiger partial charge in [-0.3, -0.25) is 9.09 Å². The zero-order valence-corrected chi connectivity index (χ0v) is 56.5. The molecule has 3 aliphatic rings. The number of nitrogens with one attached hydrogen (secondary N) is 4. The molecule has 93 heavy (non-hydrogen) atoms. The van der Waals surface area contributed by atoms with Gasteiger partial charge in [-0.15, -0.1) is 0 Å². The van der Waals surface area contributed by atoms with Crippen LogP contribution >= 0.6 is 45.1 Å². The lowest BCUT2D eigenvalue weighted by atomic mass is 9.89. The van der Waals surface area contributed by atoms with Crippen LogP contribution < -0.4 is 38.5 Å². The minimum atomic E-state index is -5.79. The van der Waals surface area contributed by atoms with Crippen LogP contribution in [0.5, 0.6) is 0 Å². The number of nitrogens with zero attached hydrogens (tertiary/aromatic N) is 2. The third kappa shape index (κ3) is 25.7. The molecule has 38 heteroatoms. The Hall–Kier alpha value is -5.80. The minimum absolute atomic E-state index is 0.0451. The Bertz CT molecular complexity index is 3760. The fraction of sp³-hybridized carbons (Fsp3) is 0.455. The number of carbonyl (C=O) groups excluding carboxylic acids is 2. The second-order valence-electron chi connectivity index (χ2n) is 20.5. The molecule has 13 N–H and O–H groups in total. The zero-order valence-electron chi connectivity index (χ0n) is 50.5. The first-order valence-corrected chi connectivity index (χ1v) is 37.6. The largest absolute Gasteiger partial charge is 0.490 e. The first-order valence-electron chi connectivity index (χ1n) is 28.3. The molecule has 2 amide bonds. The molecule has 510 valence electrons. The van der Waals surface area contributed by atoms with Crippen molar-refractivity contribution in [3.05, 3.63) is 99.9 Å². The van der Waals surface area contributed by atoms with Gasteiger partial charge in [0.25, 0.3) is 0 Å². The second kappa shape index (κ2) is 36.4. The van der Waals surface area contributed by atoms with Crippen LogP contribution in [0.1, 0.15) is 74.2 Å². The number of alkyl carbamates (subject to hydrolysis) is 2. The average molecular weight is 1440 g/mol. The number of anilines is 2. The van der Waals surface area contributed by atoms with Crippen LogP contribution in [-0.2, 0) is 80.6 Å².